The van der Waals surface area contributed by atoms with E-state index in [4.69, 9.17) is 28.9 Å². The Morgan fingerprint density at radius 3 is 2.85 bits per heavy atom. The highest BCUT2D eigenvalue weighted by Crippen LogP contribution is 2.28. The molecule has 1 unspecified atom stereocenters. The average molecular weight is 331 g/mol. The number of halogens is 2. The van der Waals surface area contributed by atoms with Crippen molar-refractivity contribution in [2.45, 2.75) is 12.8 Å². The second kappa shape index (κ2) is 5.95. The number of nitrogens with two attached hydrogens (primary N) is 1. The van der Waals surface area contributed by atoms with Crippen molar-refractivity contribution < 1.29 is 4.79 Å². The number of benzene rings is 1. The van der Waals surface area contributed by atoms with Crippen molar-refractivity contribution in [1.29, 1.82) is 0 Å². The molecule has 1 atom stereocenters. The molecule has 1 aromatic carbocycles. The van der Waals surface area contributed by atoms with Gasteiger partial charge in [-0.1, -0.05) is 36.0 Å². The first kappa shape index (κ1) is 15.0. The molecule has 106 valence electrons. The lowest BCUT2D eigenvalue weighted by atomic mass is 10.0. The van der Waals surface area contributed by atoms with E-state index in [0.29, 0.717) is 21.3 Å². The van der Waals surface area contributed by atoms with E-state index in [1.807, 2.05) is 0 Å². The average Bonchev–Trinajstić information content (AvgIpc) is 2.81. The highest BCUT2D eigenvalue weighted by Gasteiger charge is 2.20. The number of thiol groups is 1. The van der Waals surface area contributed by atoms with Crippen molar-refractivity contribution in [2.75, 3.05) is 5.73 Å². The molecular weight excluding hydrogens is 319 g/mol. The lowest BCUT2D eigenvalue weighted by molar-refractivity contribution is -0.120. The second-order valence-corrected chi connectivity index (χ2v) is 5.27. The highest BCUT2D eigenvalue weighted by molar-refractivity contribution is 7.78. The van der Waals surface area contributed by atoms with Gasteiger partial charge in [0.25, 0.3) is 0 Å². The molecule has 1 aromatic heterocycles. The third kappa shape index (κ3) is 2.87. The quantitative estimate of drug-likeness (QED) is 0.757. The van der Waals surface area contributed by atoms with E-state index < -0.39 is 5.92 Å². The summed E-state index contributed by atoms with van der Waals surface area (Å²) in [7, 11) is 0. The zero-order valence-corrected chi connectivity index (χ0v) is 12.9. The van der Waals surface area contributed by atoms with Crippen LogP contribution in [0, 0.1) is 0 Å². The normalized spacial score (nSPS) is 12.2. The summed E-state index contributed by atoms with van der Waals surface area (Å²) in [5.74, 6) is -0.485. The van der Waals surface area contributed by atoms with Gasteiger partial charge in [0.15, 0.2) is 0 Å². The van der Waals surface area contributed by atoms with Crippen molar-refractivity contribution in [3.05, 3.63) is 40.0 Å². The summed E-state index contributed by atoms with van der Waals surface area (Å²) in [6.45, 7) is 1.71. The maximum Gasteiger partial charge on any atom is 0.237 e. The molecule has 0 spiro atoms. The lowest BCUT2D eigenvalue weighted by Crippen LogP contribution is -2.20. The van der Waals surface area contributed by atoms with Gasteiger partial charge in [0.2, 0.25) is 5.91 Å². The topological polar surface area (TPSA) is 72.9 Å². The Bertz CT molecular complexity index is 659. The van der Waals surface area contributed by atoms with E-state index in [1.165, 1.54) is 4.68 Å². The van der Waals surface area contributed by atoms with Gasteiger partial charge in [-0.3, -0.25) is 4.79 Å². The molecule has 0 saturated heterocycles. The molecule has 5 nitrogen and oxygen atoms in total. The van der Waals surface area contributed by atoms with Crippen molar-refractivity contribution in [3.8, 4) is 5.69 Å². The van der Waals surface area contributed by atoms with E-state index >= 15 is 0 Å². The van der Waals surface area contributed by atoms with Crippen LogP contribution in [0.3, 0.4) is 0 Å². The first-order chi connectivity index (χ1) is 9.43. The Kier molecular flexibility index (Phi) is 4.47. The first-order valence-electron chi connectivity index (χ1n) is 5.68. The maximum absolute atomic E-state index is 11.6. The largest absolute Gasteiger partial charge is 0.382 e. The molecule has 1 heterocycles. The van der Waals surface area contributed by atoms with Crippen molar-refractivity contribution in [3.63, 3.8) is 0 Å². The van der Waals surface area contributed by atoms with Crippen LogP contribution in [0.25, 0.3) is 5.69 Å². The zero-order valence-electron chi connectivity index (χ0n) is 10.5. The van der Waals surface area contributed by atoms with E-state index in [9.17, 15) is 4.79 Å². The molecule has 1 amide bonds. The number of hydrogen-bond donors (Lipinski definition) is 3. The van der Waals surface area contributed by atoms with Gasteiger partial charge in [0, 0.05) is 16.8 Å². The van der Waals surface area contributed by atoms with E-state index in [-0.39, 0.29) is 11.7 Å². The number of nitrogens with one attached hydrogen (secondary N) is 1. The molecule has 0 saturated carbocycles. The fourth-order valence-electron chi connectivity index (χ4n) is 1.76. The van der Waals surface area contributed by atoms with Crippen LogP contribution in [0.5, 0.6) is 0 Å². The minimum absolute atomic E-state index is 0.255. The summed E-state index contributed by atoms with van der Waals surface area (Å²) >= 11 is 15.8. The Morgan fingerprint density at radius 2 is 2.20 bits per heavy atom. The van der Waals surface area contributed by atoms with Crippen LogP contribution < -0.4 is 10.5 Å². The minimum Gasteiger partial charge on any atom is -0.382 e. The maximum atomic E-state index is 11.6. The molecule has 0 radical (unpaired) electrons. The molecule has 8 heteroatoms. The van der Waals surface area contributed by atoms with Crippen molar-refractivity contribution in [1.82, 2.24) is 14.5 Å². The SMILES string of the molecule is CC(C(=O)NS)c1cn(-c2cc(Cl)ccc2Cl)nc1N. The zero-order chi connectivity index (χ0) is 14.9. The Hall–Kier alpha value is -1.37. The van der Waals surface area contributed by atoms with Crippen LogP contribution in [0.1, 0.15) is 18.4 Å². The molecule has 2 rings (SSSR count). The molecule has 0 fully saturated rings. The van der Waals surface area contributed by atoms with Crippen LogP contribution in [0.15, 0.2) is 24.4 Å². The van der Waals surface area contributed by atoms with Crippen LogP contribution >= 0.6 is 36.0 Å². The first-order valence-corrected chi connectivity index (χ1v) is 6.88. The van der Waals surface area contributed by atoms with Gasteiger partial charge in [-0.2, -0.15) is 5.10 Å². The fraction of sp³-hybridized carbons (Fsp3) is 0.167. The summed E-state index contributed by atoms with van der Waals surface area (Å²) in [4.78, 5) is 11.6. The number of nitrogen functional groups attached to an aromatic ring is 1. The molecule has 20 heavy (non-hydrogen) atoms. The lowest BCUT2D eigenvalue weighted by Gasteiger charge is -2.07. The van der Waals surface area contributed by atoms with Crippen molar-refractivity contribution in [2.24, 2.45) is 0 Å². The van der Waals surface area contributed by atoms with Gasteiger partial charge in [0.05, 0.1) is 16.6 Å². The van der Waals surface area contributed by atoms with E-state index in [1.54, 1.807) is 31.3 Å². The number of carbonyl (C=O) groups is 1. The molecular formula is C12H12Cl2N4OS. The monoisotopic (exact) mass is 330 g/mol. The molecule has 0 bridgehead atoms. The van der Waals surface area contributed by atoms with Gasteiger partial charge in [-0.25, -0.2) is 4.68 Å². The van der Waals surface area contributed by atoms with E-state index in [2.05, 4.69) is 22.6 Å². The molecule has 0 aliphatic carbocycles. The molecule has 0 aliphatic heterocycles. The number of aromatic nitrogens is 2. The Balaban J connectivity index is 2.46. The standard InChI is InChI=1S/C12H12Cl2N4OS/c1-6(12(19)17-20)8-5-18(16-11(8)15)10-4-7(13)2-3-9(10)14/h2-6,20H,1H3,(H2,15,16)(H,17,19). The predicted octanol–water partition coefficient (Wildman–Crippen LogP) is 2.83. The number of hydrogen-bond acceptors (Lipinski definition) is 4. The summed E-state index contributed by atoms with van der Waals surface area (Å²) in [6, 6.07) is 5.02. The third-order valence-corrected chi connectivity index (χ3v) is 3.67. The van der Waals surface area contributed by atoms with Crippen LogP contribution in [0.4, 0.5) is 5.82 Å². The summed E-state index contributed by atoms with van der Waals surface area (Å²) in [5.41, 5.74) is 7.03. The summed E-state index contributed by atoms with van der Waals surface area (Å²) < 4.78 is 3.78. The Labute approximate surface area is 131 Å². The van der Waals surface area contributed by atoms with Crippen LogP contribution in [-0.4, -0.2) is 15.7 Å². The van der Waals surface area contributed by atoms with Crippen molar-refractivity contribution >= 4 is 47.7 Å². The van der Waals surface area contributed by atoms with E-state index in [0.717, 1.165) is 0 Å². The highest BCUT2D eigenvalue weighted by atomic mass is 35.5. The Morgan fingerprint density at radius 1 is 1.50 bits per heavy atom. The number of nitrogens with zero attached hydrogens (tertiary/aromatic N) is 2. The number of rotatable bonds is 3. The number of amides is 1. The number of carbonyl (C=O) groups excluding carboxylic acids is 1. The second-order valence-electron chi connectivity index (χ2n) is 4.21. The molecule has 0 aliphatic rings. The van der Waals surface area contributed by atoms with Gasteiger partial charge in [0.1, 0.15) is 5.82 Å². The fourth-order valence-corrected chi connectivity index (χ4v) is 2.32. The van der Waals surface area contributed by atoms with Gasteiger partial charge < -0.3 is 10.5 Å². The van der Waals surface area contributed by atoms with Gasteiger partial charge in [-0.15, -0.1) is 0 Å². The molecule has 2 aromatic rings. The third-order valence-electron chi connectivity index (χ3n) is 2.90. The van der Waals surface area contributed by atoms with Crippen LogP contribution in [0.2, 0.25) is 10.0 Å². The van der Waals surface area contributed by atoms with Crippen LogP contribution in [-0.2, 0) is 4.79 Å². The van der Waals surface area contributed by atoms with Gasteiger partial charge >= 0.3 is 0 Å². The number of anilines is 1. The van der Waals surface area contributed by atoms with Gasteiger partial charge in [-0.05, 0) is 25.1 Å². The predicted molar refractivity (Wildman–Crippen MR) is 83.5 cm³/mol. The minimum atomic E-state index is -0.473. The summed E-state index contributed by atoms with van der Waals surface area (Å²) in [6.07, 6.45) is 1.65. The summed E-state index contributed by atoms with van der Waals surface area (Å²) in [5, 5.41) is 5.18. The smallest absolute Gasteiger partial charge is 0.237 e. The molecule has 3 N–H and O–H groups in total.